The Bertz CT molecular complexity index is 368. The molecule has 0 bridgehead atoms. The van der Waals surface area contributed by atoms with Crippen LogP contribution < -0.4 is 4.74 Å². The van der Waals surface area contributed by atoms with Crippen LogP contribution >= 0.6 is 11.8 Å². The molecule has 0 N–H and O–H groups in total. The van der Waals surface area contributed by atoms with Crippen molar-refractivity contribution in [2.75, 3.05) is 12.9 Å². The number of thioether (sulfide) groups is 1. The highest BCUT2D eigenvalue weighted by Gasteiger charge is 2.08. The molecule has 0 atom stereocenters. The van der Waals surface area contributed by atoms with Crippen LogP contribution in [0.15, 0.2) is 23.1 Å². The molecule has 3 heteroatoms. The van der Waals surface area contributed by atoms with E-state index in [0.717, 1.165) is 4.90 Å². The number of benzene rings is 1. The lowest BCUT2D eigenvalue weighted by Crippen LogP contribution is -2.05. The van der Waals surface area contributed by atoms with Crippen LogP contribution in [-0.2, 0) is 0 Å². The van der Waals surface area contributed by atoms with Gasteiger partial charge in [0.25, 0.3) is 0 Å². The maximum absolute atomic E-state index is 9.05. The average molecular weight is 221 g/mol. The minimum atomic E-state index is 0.467. The lowest BCUT2D eigenvalue weighted by atomic mass is 10.2. The molecule has 1 rings (SSSR count). The van der Waals surface area contributed by atoms with E-state index in [9.17, 15) is 0 Å². The first-order chi connectivity index (χ1) is 7.19. The van der Waals surface area contributed by atoms with Crippen LogP contribution in [0.25, 0.3) is 0 Å². The van der Waals surface area contributed by atoms with Gasteiger partial charge in [-0.25, -0.2) is 0 Å². The molecule has 1 aromatic rings. The molecule has 0 radical (unpaired) electrons. The molecule has 0 aliphatic heterocycles. The maximum atomic E-state index is 9.05. The van der Waals surface area contributed by atoms with Crippen molar-refractivity contribution in [3.8, 4) is 11.8 Å². The van der Waals surface area contributed by atoms with Gasteiger partial charge in [-0.15, -0.1) is 11.8 Å². The number of hydrogen-bond donors (Lipinski definition) is 0. The van der Waals surface area contributed by atoms with Crippen LogP contribution in [0.2, 0.25) is 0 Å². The summed E-state index contributed by atoms with van der Waals surface area (Å²) in [6.45, 7) is 4.82. The molecule has 0 heterocycles. The standard InChI is InChI=1S/C12H15NOS/c1-9(2)8-14-11-5-4-6-12(15-3)10(11)7-13/h4-6,9H,8H2,1-3H3. The molecule has 0 unspecified atom stereocenters. The van der Waals surface area contributed by atoms with Gasteiger partial charge in [0.1, 0.15) is 17.4 Å². The molecule has 80 valence electrons. The van der Waals surface area contributed by atoms with E-state index in [1.165, 1.54) is 0 Å². The molecule has 1 aromatic carbocycles. The summed E-state index contributed by atoms with van der Waals surface area (Å²) in [5.41, 5.74) is 0.644. The van der Waals surface area contributed by atoms with E-state index >= 15 is 0 Å². The zero-order valence-electron chi connectivity index (χ0n) is 9.28. The molecule has 0 spiro atoms. The monoisotopic (exact) mass is 221 g/mol. The van der Waals surface area contributed by atoms with Crippen molar-refractivity contribution in [3.05, 3.63) is 23.8 Å². The number of nitriles is 1. The topological polar surface area (TPSA) is 33.0 Å². The van der Waals surface area contributed by atoms with Crippen LogP contribution in [0.3, 0.4) is 0 Å². The van der Waals surface area contributed by atoms with Gasteiger partial charge in [-0.1, -0.05) is 19.9 Å². The molecule has 0 aromatic heterocycles. The summed E-state index contributed by atoms with van der Waals surface area (Å²) in [5.74, 6) is 1.16. The van der Waals surface area contributed by atoms with E-state index in [-0.39, 0.29) is 0 Å². The van der Waals surface area contributed by atoms with Crippen molar-refractivity contribution >= 4 is 11.8 Å². The Kier molecular flexibility index (Phi) is 4.51. The number of ether oxygens (including phenoxy) is 1. The molecule has 2 nitrogen and oxygen atoms in total. The Labute approximate surface area is 95.3 Å². The summed E-state index contributed by atoms with van der Waals surface area (Å²) < 4.78 is 5.60. The third kappa shape index (κ3) is 3.17. The zero-order chi connectivity index (χ0) is 11.3. The summed E-state index contributed by atoms with van der Waals surface area (Å²) in [5, 5.41) is 9.05. The fourth-order valence-corrected chi connectivity index (χ4v) is 1.73. The van der Waals surface area contributed by atoms with Crippen molar-refractivity contribution < 1.29 is 4.74 Å². The van der Waals surface area contributed by atoms with Crippen LogP contribution in [0, 0.1) is 17.2 Å². The fourth-order valence-electron chi connectivity index (χ4n) is 1.17. The van der Waals surface area contributed by atoms with Crippen LogP contribution in [0.1, 0.15) is 19.4 Å². The fraction of sp³-hybridized carbons (Fsp3) is 0.417. The second-order valence-electron chi connectivity index (χ2n) is 3.65. The molecule has 0 saturated carbocycles. The highest BCUT2D eigenvalue weighted by atomic mass is 32.2. The van der Waals surface area contributed by atoms with E-state index in [2.05, 4.69) is 19.9 Å². The van der Waals surface area contributed by atoms with Crippen LogP contribution in [-0.4, -0.2) is 12.9 Å². The maximum Gasteiger partial charge on any atom is 0.138 e. The highest BCUT2D eigenvalue weighted by molar-refractivity contribution is 7.98. The van der Waals surface area contributed by atoms with E-state index in [4.69, 9.17) is 10.00 Å². The molecule has 0 fully saturated rings. The van der Waals surface area contributed by atoms with Gasteiger partial charge in [0.05, 0.1) is 6.61 Å². The summed E-state index contributed by atoms with van der Waals surface area (Å²) in [6, 6.07) is 7.90. The predicted octanol–water partition coefficient (Wildman–Crippen LogP) is 3.31. The Hall–Kier alpha value is -1.14. The summed E-state index contributed by atoms with van der Waals surface area (Å²) in [6.07, 6.45) is 1.96. The van der Waals surface area contributed by atoms with Gasteiger partial charge in [-0.05, 0) is 24.3 Å². The van der Waals surface area contributed by atoms with Crippen LogP contribution in [0.4, 0.5) is 0 Å². The van der Waals surface area contributed by atoms with Crippen molar-refractivity contribution in [1.29, 1.82) is 5.26 Å². The molecule has 0 saturated heterocycles. The second kappa shape index (κ2) is 5.67. The minimum absolute atomic E-state index is 0.467. The highest BCUT2D eigenvalue weighted by Crippen LogP contribution is 2.28. The van der Waals surface area contributed by atoms with Gasteiger partial charge in [0, 0.05) is 4.90 Å². The first-order valence-corrected chi connectivity index (χ1v) is 6.11. The normalized spacial score (nSPS) is 10.1. The van der Waals surface area contributed by atoms with Gasteiger partial charge in [-0.3, -0.25) is 0 Å². The Morgan fingerprint density at radius 3 is 2.73 bits per heavy atom. The van der Waals surface area contributed by atoms with Gasteiger partial charge < -0.3 is 4.74 Å². The molecular formula is C12H15NOS. The van der Waals surface area contributed by atoms with Crippen molar-refractivity contribution in [1.82, 2.24) is 0 Å². The van der Waals surface area contributed by atoms with Gasteiger partial charge in [0.15, 0.2) is 0 Å². The lowest BCUT2D eigenvalue weighted by molar-refractivity contribution is 0.270. The average Bonchev–Trinajstić information content (AvgIpc) is 2.25. The van der Waals surface area contributed by atoms with Gasteiger partial charge in [0.2, 0.25) is 0 Å². The molecule has 0 aliphatic carbocycles. The van der Waals surface area contributed by atoms with E-state index < -0.39 is 0 Å². The zero-order valence-corrected chi connectivity index (χ0v) is 10.1. The smallest absolute Gasteiger partial charge is 0.138 e. The van der Waals surface area contributed by atoms with Gasteiger partial charge in [-0.2, -0.15) is 5.26 Å². The number of rotatable bonds is 4. The third-order valence-electron chi connectivity index (χ3n) is 1.89. The molecular weight excluding hydrogens is 206 g/mol. The van der Waals surface area contributed by atoms with Crippen molar-refractivity contribution in [2.45, 2.75) is 18.7 Å². The van der Waals surface area contributed by atoms with Crippen molar-refractivity contribution in [2.24, 2.45) is 5.92 Å². The van der Waals surface area contributed by atoms with E-state index in [1.54, 1.807) is 11.8 Å². The SMILES string of the molecule is CSc1cccc(OCC(C)C)c1C#N. The Morgan fingerprint density at radius 2 is 2.20 bits per heavy atom. The van der Waals surface area contributed by atoms with Crippen molar-refractivity contribution in [3.63, 3.8) is 0 Å². The van der Waals surface area contributed by atoms with Crippen LogP contribution in [0.5, 0.6) is 5.75 Å². The number of nitrogens with zero attached hydrogens (tertiary/aromatic N) is 1. The summed E-state index contributed by atoms with van der Waals surface area (Å²) >= 11 is 1.57. The van der Waals surface area contributed by atoms with Gasteiger partial charge >= 0.3 is 0 Å². The first kappa shape index (κ1) is 11.9. The Morgan fingerprint density at radius 1 is 1.47 bits per heavy atom. The summed E-state index contributed by atoms with van der Waals surface area (Å²) in [4.78, 5) is 0.971. The third-order valence-corrected chi connectivity index (χ3v) is 2.67. The Balaban J connectivity index is 2.92. The molecule has 15 heavy (non-hydrogen) atoms. The molecule has 0 aliphatic rings. The first-order valence-electron chi connectivity index (χ1n) is 4.89. The van der Waals surface area contributed by atoms with E-state index in [0.29, 0.717) is 23.8 Å². The quantitative estimate of drug-likeness (QED) is 0.731. The summed E-state index contributed by atoms with van der Waals surface area (Å²) in [7, 11) is 0. The predicted molar refractivity (Wildman–Crippen MR) is 63.3 cm³/mol. The minimum Gasteiger partial charge on any atom is -0.492 e. The largest absolute Gasteiger partial charge is 0.492 e. The van der Waals surface area contributed by atoms with E-state index in [1.807, 2.05) is 24.5 Å². The molecule has 0 amide bonds. The lowest BCUT2D eigenvalue weighted by Gasteiger charge is -2.11. The second-order valence-corrected chi connectivity index (χ2v) is 4.50. The number of hydrogen-bond acceptors (Lipinski definition) is 3.